The minimum Gasteiger partial charge on any atom is -0.497 e. The van der Waals surface area contributed by atoms with Crippen LogP contribution in [0.1, 0.15) is 28.1 Å². The van der Waals surface area contributed by atoms with Gasteiger partial charge in [0.25, 0.3) is 5.56 Å². The highest BCUT2D eigenvalue weighted by molar-refractivity contribution is 5.71. The molecule has 0 aliphatic heterocycles. The van der Waals surface area contributed by atoms with Crippen molar-refractivity contribution in [3.05, 3.63) is 74.8 Å². The van der Waals surface area contributed by atoms with Gasteiger partial charge in [0.1, 0.15) is 11.4 Å². The van der Waals surface area contributed by atoms with Crippen LogP contribution in [0.4, 0.5) is 0 Å². The minimum absolute atomic E-state index is 0.0228. The van der Waals surface area contributed by atoms with Gasteiger partial charge in [0, 0.05) is 17.7 Å². The smallest absolute Gasteiger partial charge is 0.261 e. The monoisotopic (exact) mass is 304 g/mol. The molecule has 4 nitrogen and oxygen atoms in total. The molecule has 4 heteroatoms. The van der Waals surface area contributed by atoms with Crippen molar-refractivity contribution in [3.63, 3.8) is 0 Å². The zero-order valence-electron chi connectivity index (χ0n) is 13.0. The van der Waals surface area contributed by atoms with E-state index in [1.165, 1.54) is 5.56 Å². The van der Waals surface area contributed by atoms with Crippen molar-refractivity contribution in [1.29, 1.82) is 0 Å². The summed E-state index contributed by atoms with van der Waals surface area (Å²) in [5.74, 6) is 0.804. The average molecular weight is 304 g/mol. The number of aromatic nitrogens is 2. The van der Waals surface area contributed by atoms with E-state index < -0.39 is 0 Å². The highest BCUT2D eigenvalue weighted by Gasteiger charge is 2.22. The number of hydrogen-bond acceptors (Lipinski definition) is 3. The number of ether oxygens (including phenoxy) is 1. The molecule has 23 heavy (non-hydrogen) atoms. The standard InChI is InChI=1S/C19H16N2O2/c1-12-16(8-6-13-4-3-5-15(10-13)23-2)20-18-9-7-14-11-17(14)21(18)19(12)22/h3-10H,11H2,1-2H3/b8-6+. The molecular formula is C19H16N2O2. The van der Waals surface area contributed by atoms with Gasteiger partial charge in [-0.15, -0.1) is 0 Å². The summed E-state index contributed by atoms with van der Waals surface area (Å²) < 4.78 is 6.95. The quantitative estimate of drug-likeness (QED) is 0.584. The van der Waals surface area contributed by atoms with Gasteiger partial charge < -0.3 is 4.74 Å². The van der Waals surface area contributed by atoms with Crippen LogP contribution in [0.3, 0.4) is 0 Å². The molecule has 0 saturated heterocycles. The first kappa shape index (κ1) is 13.8. The number of pyridine rings is 1. The summed E-state index contributed by atoms with van der Waals surface area (Å²) in [6.07, 6.45) is 4.73. The van der Waals surface area contributed by atoms with Gasteiger partial charge in [0.2, 0.25) is 0 Å². The second kappa shape index (κ2) is 5.09. The first-order chi connectivity index (χ1) is 11.2. The Balaban J connectivity index is 1.79. The topological polar surface area (TPSA) is 43.6 Å². The fraction of sp³-hybridized carbons (Fsp3) is 0.158. The average Bonchev–Trinajstić information content (AvgIpc) is 3.36. The van der Waals surface area contributed by atoms with Gasteiger partial charge in [-0.05, 0) is 42.3 Å². The Bertz CT molecular complexity index is 1020. The minimum atomic E-state index is 0.0228. The first-order valence-electron chi connectivity index (χ1n) is 7.53. The summed E-state index contributed by atoms with van der Waals surface area (Å²) in [5.41, 5.74) is 5.44. The molecule has 0 amide bonds. The Morgan fingerprint density at radius 1 is 1.22 bits per heavy atom. The normalized spacial score (nSPS) is 12.6. The van der Waals surface area contributed by atoms with Crippen molar-refractivity contribution < 1.29 is 4.74 Å². The molecule has 0 fully saturated rings. The predicted octanol–water partition coefficient (Wildman–Crippen LogP) is 3.09. The Labute approximate surface area is 133 Å². The van der Waals surface area contributed by atoms with Gasteiger partial charge in [0.05, 0.1) is 12.8 Å². The SMILES string of the molecule is COc1cccc(/C=C/c2nc3ccc4c(n3c(=O)c2C)C4)c1. The van der Waals surface area contributed by atoms with Crippen LogP contribution in [0.5, 0.6) is 5.75 Å². The van der Waals surface area contributed by atoms with E-state index in [9.17, 15) is 4.79 Å². The fourth-order valence-corrected chi connectivity index (χ4v) is 2.78. The number of rotatable bonds is 3. The maximum atomic E-state index is 12.6. The van der Waals surface area contributed by atoms with Gasteiger partial charge in [-0.25, -0.2) is 4.98 Å². The molecule has 2 aromatic heterocycles. The number of benzene rings is 1. The third-order valence-corrected chi connectivity index (χ3v) is 4.21. The number of nitrogens with zero attached hydrogens (tertiary/aromatic N) is 2. The maximum absolute atomic E-state index is 12.6. The molecule has 0 radical (unpaired) electrons. The van der Waals surface area contributed by atoms with E-state index in [0.717, 1.165) is 23.4 Å². The summed E-state index contributed by atoms with van der Waals surface area (Å²) in [4.78, 5) is 17.2. The molecule has 1 aromatic carbocycles. The zero-order chi connectivity index (χ0) is 16.0. The highest BCUT2D eigenvalue weighted by Crippen LogP contribution is 2.27. The van der Waals surface area contributed by atoms with Crippen LogP contribution in [-0.4, -0.2) is 16.5 Å². The number of hydrogen-bond donors (Lipinski definition) is 0. The summed E-state index contributed by atoms with van der Waals surface area (Å²) in [5, 5.41) is 0. The van der Waals surface area contributed by atoms with E-state index in [4.69, 9.17) is 4.74 Å². The highest BCUT2D eigenvalue weighted by atomic mass is 16.5. The second-order valence-electron chi connectivity index (χ2n) is 5.71. The van der Waals surface area contributed by atoms with Crippen LogP contribution >= 0.6 is 0 Å². The molecule has 0 bridgehead atoms. The van der Waals surface area contributed by atoms with Crippen molar-refractivity contribution in [3.8, 4) is 5.75 Å². The van der Waals surface area contributed by atoms with E-state index >= 15 is 0 Å². The Kier molecular flexibility index (Phi) is 3.05. The van der Waals surface area contributed by atoms with Crippen LogP contribution in [0.15, 0.2) is 41.2 Å². The van der Waals surface area contributed by atoms with Crippen molar-refractivity contribution in [2.24, 2.45) is 0 Å². The summed E-state index contributed by atoms with van der Waals surface area (Å²) >= 11 is 0. The van der Waals surface area contributed by atoms with Crippen molar-refractivity contribution in [2.45, 2.75) is 13.3 Å². The van der Waals surface area contributed by atoms with Crippen LogP contribution in [0.2, 0.25) is 0 Å². The Morgan fingerprint density at radius 2 is 2.09 bits per heavy atom. The van der Waals surface area contributed by atoms with Crippen molar-refractivity contribution in [1.82, 2.24) is 9.38 Å². The summed E-state index contributed by atoms with van der Waals surface area (Å²) in [6, 6.07) is 11.7. The number of methoxy groups -OCH3 is 1. The summed E-state index contributed by atoms with van der Waals surface area (Å²) in [6.45, 7) is 1.83. The van der Waals surface area contributed by atoms with Crippen LogP contribution in [0.25, 0.3) is 17.8 Å². The third-order valence-electron chi connectivity index (χ3n) is 4.21. The molecule has 1 aliphatic carbocycles. The van der Waals surface area contributed by atoms with Crippen LogP contribution < -0.4 is 10.3 Å². The van der Waals surface area contributed by atoms with E-state index in [2.05, 4.69) is 4.98 Å². The van der Waals surface area contributed by atoms with E-state index in [1.54, 1.807) is 11.5 Å². The lowest BCUT2D eigenvalue weighted by Gasteiger charge is -2.05. The van der Waals surface area contributed by atoms with E-state index in [-0.39, 0.29) is 5.56 Å². The third kappa shape index (κ3) is 2.32. The molecule has 0 spiro atoms. The molecule has 0 unspecified atom stereocenters. The first-order valence-corrected chi connectivity index (χ1v) is 7.53. The molecule has 0 N–H and O–H groups in total. The fourth-order valence-electron chi connectivity index (χ4n) is 2.78. The number of fused-ring (bicyclic) bond motifs is 3. The van der Waals surface area contributed by atoms with Gasteiger partial charge in [-0.1, -0.05) is 24.3 Å². The lowest BCUT2D eigenvalue weighted by atomic mass is 10.1. The predicted molar refractivity (Wildman–Crippen MR) is 90.9 cm³/mol. The molecule has 2 heterocycles. The molecule has 114 valence electrons. The lowest BCUT2D eigenvalue weighted by Crippen LogP contribution is -2.19. The van der Waals surface area contributed by atoms with Crippen molar-refractivity contribution in [2.75, 3.05) is 7.11 Å². The van der Waals surface area contributed by atoms with Gasteiger partial charge in [-0.3, -0.25) is 9.20 Å². The van der Waals surface area contributed by atoms with Crippen molar-refractivity contribution >= 4 is 17.8 Å². The molecule has 3 aromatic rings. The Hall–Kier alpha value is -2.88. The van der Waals surface area contributed by atoms with Crippen LogP contribution in [-0.2, 0) is 6.42 Å². The second-order valence-corrected chi connectivity index (χ2v) is 5.71. The maximum Gasteiger partial charge on any atom is 0.261 e. The van der Waals surface area contributed by atoms with E-state index in [0.29, 0.717) is 16.9 Å². The molecular weight excluding hydrogens is 288 g/mol. The lowest BCUT2D eigenvalue weighted by molar-refractivity contribution is 0.414. The van der Waals surface area contributed by atoms with E-state index in [1.807, 2.05) is 55.5 Å². The largest absolute Gasteiger partial charge is 0.497 e. The van der Waals surface area contributed by atoms with Gasteiger partial charge in [-0.2, -0.15) is 0 Å². The molecule has 0 atom stereocenters. The molecule has 1 aliphatic rings. The van der Waals surface area contributed by atoms with Gasteiger partial charge >= 0.3 is 0 Å². The van der Waals surface area contributed by atoms with Gasteiger partial charge in [0.15, 0.2) is 0 Å². The molecule has 4 rings (SSSR count). The zero-order valence-corrected chi connectivity index (χ0v) is 13.0. The van der Waals surface area contributed by atoms with Crippen LogP contribution in [0, 0.1) is 6.92 Å². The molecule has 0 saturated carbocycles. The Morgan fingerprint density at radius 3 is 2.91 bits per heavy atom. The summed E-state index contributed by atoms with van der Waals surface area (Å²) in [7, 11) is 1.64.